The average Bonchev–Trinajstić information content (AvgIpc) is 2.77. The van der Waals surface area contributed by atoms with Crippen molar-refractivity contribution in [2.45, 2.75) is 25.0 Å². The quantitative estimate of drug-likeness (QED) is 0.537. The Morgan fingerprint density at radius 2 is 1.70 bits per heavy atom. The summed E-state index contributed by atoms with van der Waals surface area (Å²) in [5.74, 6) is 0.544. The fourth-order valence-corrected chi connectivity index (χ4v) is 3.45. The molecule has 7 heteroatoms. The molecule has 1 atom stereocenters. The molecule has 6 nitrogen and oxygen atoms in total. The molecular formula is C23H26ClN3O3. The van der Waals surface area contributed by atoms with E-state index in [-0.39, 0.29) is 24.8 Å². The smallest absolute Gasteiger partial charge is 0.314 e. The van der Waals surface area contributed by atoms with Gasteiger partial charge in [-0.3, -0.25) is 4.79 Å². The van der Waals surface area contributed by atoms with E-state index in [1.54, 1.807) is 6.20 Å². The van der Waals surface area contributed by atoms with Crippen molar-refractivity contribution in [3.05, 3.63) is 83.7 Å². The Kier molecular flexibility index (Phi) is 7.74. The predicted octanol–water partition coefficient (Wildman–Crippen LogP) is 3.13. The summed E-state index contributed by atoms with van der Waals surface area (Å²) >= 11 is 5.62. The molecule has 0 saturated carbocycles. The van der Waals surface area contributed by atoms with Gasteiger partial charge in [-0.2, -0.15) is 0 Å². The zero-order valence-corrected chi connectivity index (χ0v) is 17.5. The molecule has 2 aromatic carbocycles. The molecule has 158 valence electrons. The van der Waals surface area contributed by atoms with Crippen molar-refractivity contribution in [3.63, 3.8) is 0 Å². The third-order valence-corrected chi connectivity index (χ3v) is 5.06. The van der Waals surface area contributed by atoms with Gasteiger partial charge in [0.25, 0.3) is 0 Å². The maximum absolute atomic E-state index is 12.9. The Bertz CT molecular complexity index is 874. The molecule has 0 saturated heterocycles. The summed E-state index contributed by atoms with van der Waals surface area (Å²) < 4.78 is 5.74. The lowest BCUT2D eigenvalue weighted by molar-refractivity contribution is -0.121. The molecule has 1 aliphatic rings. The highest BCUT2D eigenvalue weighted by atomic mass is 35.5. The van der Waals surface area contributed by atoms with Gasteiger partial charge in [0.1, 0.15) is 6.61 Å². The van der Waals surface area contributed by atoms with E-state index >= 15 is 0 Å². The Morgan fingerprint density at radius 1 is 1.03 bits per heavy atom. The molecule has 0 aromatic heterocycles. The van der Waals surface area contributed by atoms with Crippen molar-refractivity contribution in [1.82, 2.24) is 16.0 Å². The zero-order valence-electron chi connectivity index (χ0n) is 16.7. The second kappa shape index (κ2) is 10.7. The van der Waals surface area contributed by atoms with Crippen LogP contribution in [0.3, 0.4) is 0 Å². The molecule has 0 spiro atoms. The normalized spacial score (nSPS) is 18.2. The molecule has 2 amide bonds. The summed E-state index contributed by atoms with van der Waals surface area (Å²) in [5.41, 5.74) is 1.42. The number of ketones is 1. The number of ether oxygens (including phenoxy) is 1. The van der Waals surface area contributed by atoms with Crippen LogP contribution < -0.4 is 16.0 Å². The van der Waals surface area contributed by atoms with Crippen LogP contribution >= 0.6 is 11.6 Å². The van der Waals surface area contributed by atoms with Crippen LogP contribution in [-0.4, -0.2) is 36.3 Å². The number of amides is 2. The molecule has 1 heterocycles. The minimum absolute atomic E-state index is 0.0939. The lowest BCUT2D eigenvalue weighted by Crippen LogP contribution is -2.57. The van der Waals surface area contributed by atoms with E-state index in [2.05, 4.69) is 16.0 Å². The van der Waals surface area contributed by atoms with Crippen LogP contribution in [0.1, 0.15) is 17.5 Å². The van der Waals surface area contributed by atoms with Crippen LogP contribution in [0.4, 0.5) is 4.79 Å². The summed E-state index contributed by atoms with van der Waals surface area (Å²) in [6.45, 7) is 0.984. The van der Waals surface area contributed by atoms with Crippen molar-refractivity contribution in [3.8, 4) is 0 Å². The van der Waals surface area contributed by atoms with Gasteiger partial charge in [-0.15, -0.1) is 11.6 Å². The average molecular weight is 428 g/mol. The van der Waals surface area contributed by atoms with Crippen molar-refractivity contribution in [1.29, 1.82) is 0 Å². The predicted molar refractivity (Wildman–Crippen MR) is 117 cm³/mol. The maximum atomic E-state index is 12.9. The Labute approximate surface area is 181 Å². The number of urea groups is 1. The molecule has 3 rings (SSSR count). The van der Waals surface area contributed by atoms with E-state index in [9.17, 15) is 9.59 Å². The van der Waals surface area contributed by atoms with E-state index in [1.165, 1.54) is 0 Å². The van der Waals surface area contributed by atoms with Gasteiger partial charge in [0.05, 0.1) is 5.54 Å². The monoisotopic (exact) mass is 427 g/mol. The van der Waals surface area contributed by atoms with Gasteiger partial charge in [0.2, 0.25) is 5.78 Å². The first-order valence-electron chi connectivity index (χ1n) is 9.90. The molecular weight excluding hydrogens is 402 g/mol. The molecule has 0 aliphatic carbocycles. The first kappa shape index (κ1) is 21.7. The largest absolute Gasteiger partial charge is 0.484 e. The van der Waals surface area contributed by atoms with E-state index in [0.29, 0.717) is 31.2 Å². The number of nitrogens with one attached hydrogen (secondary N) is 3. The molecule has 0 radical (unpaired) electrons. The number of Topliss-reactive ketones (excluding diaryl/α,β-unsaturated/α-hetero) is 1. The van der Waals surface area contributed by atoms with E-state index in [0.717, 1.165) is 11.1 Å². The van der Waals surface area contributed by atoms with E-state index < -0.39 is 5.54 Å². The number of hydrogen-bond acceptors (Lipinski definition) is 4. The number of benzene rings is 2. The molecule has 2 aromatic rings. The summed E-state index contributed by atoms with van der Waals surface area (Å²) in [4.78, 5) is 24.9. The van der Waals surface area contributed by atoms with Crippen molar-refractivity contribution in [2.24, 2.45) is 0 Å². The topological polar surface area (TPSA) is 79.5 Å². The molecule has 30 heavy (non-hydrogen) atoms. The number of halogens is 1. The number of carbonyl (C=O) groups is 2. The van der Waals surface area contributed by atoms with Crippen LogP contribution in [0.25, 0.3) is 0 Å². The Morgan fingerprint density at radius 3 is 2.33 bits per heavy atom. The fraction of sp³-hybridized carbons (Fsp3) is 0.304. The van der Waals surface area contributed by atoms with Crippen molar-refractivity contribution < 1.29 is 14.3 Å². The summed E-state index contributed by atoms with van der Waals surface area (Å²) in [6.07, 6.45) is 2.41. The number of rotatable bonds is 9. The summed E-state index contributed by atoms with van der Waals surface area (Å²) in [6, 6.07) is 19.3. The maximum Gasteiger partial charge on any atom is 0.314 e. The minimum Gasteiger partial charge on any atom is -0.484 e. The molecule has 3 N–H and O–H groups in total. The van der Waals surface area contributed by atoms with Crippen LogP contribution in [0, 0.1) is 0 Å². The van der Waals surface area contributed by atoms with E-state index in [4.69, 9.17) is 16.3 Å². The van der Waals surface area contributed by atoms with Crippen molar-refractivity contribution >= 4 is 23.4 Å². The third-order valence-electron chi connectivity index (χ3n) is 4.87. The number of hydrogen-bond donors (Lipinski definition) is 3. The molecule has 0 bridgehead atoms. The second-order valence-electron chi connectivity index (χ2n) is 7.27. The minimum atomic E-state index is -0.643. The standard InChI is InChI=1S/C23H26ClN3O3/c24-11-12-25-22(29)26-17-23(13-18-7-3-1-4-8-18)14-20(28)21(15-27-23)30-16-19-9-5-2-6-10-19/h1-10,15,27H,11-14,16-17H2,(H2,25,26,29). The van der Waals surface area contributed by atoms with Gasteiger partial charge >= 0.3 is 6.03 Å². The van der Waals surface area contributed by atoms with Gasteiger partial charge in [-0.05, 0) is 17.5 Å². The Balaban J connectivity index is 1.69. The van der Waals surface area contributed by atoms with Crippen LogP contribution in [0.15, 0.2) is 72.6 Å². The number of carbonyl (C=O) groups excluding carboxylic acids is 2. The molecule has 1 unspecified atom stereocenters. The van der Waals surface area contributed by atoms with Crippen molar-refractivity contribution in [2.75, 3.05) is 19.0 Å². The summed E-state index contributed by atoms with van der Waals surface area (Å²) in [5, 5.41) is 8.86. The fourth-order valence-electron chi connectivity index (χ4n) is 3.35. The number of alkyl halides is 1. The van der Waals surface area contributed by atoms with Gasteiger partial charge in [0, 0.05) is 31.6 Å². The first-order valence-corrected chi connectivity index (χ1v) is 10.4. The molecule has 0 fully saturated rings. The lowest BCUT2D eigenvalue weighted by atomic mass is 9.83. The molecule has 1 aliphatic heterocycles. The van der Waals surface area contributed by atoms with Crippen LogP contribution in [0.5, 0.6) is 0 Å². The zero-order chi connectivity index (χ0) is 21.2. The van der Waals surface area contributed by atoms with Gasteiger partial charge in [-0.25, -0.2) is 4.79 Å². The third kappa shape index (κ3) is 6.26. The Hall–Kier alpha value is -2.99. The van der Waals surface area contributed by atoms with Gasteiger partial charge < -0.3 is 20.7 Å². The summed E-state index contributed by atoms with van der Waals surface area (Å²) in [7, 11) is 0. The lowest BCUT2D eigenvalue weighted by Gasteiger charge is -2.37. The SMILES string of the molecule is O=C(NCCCl)NCC1(Cc2ccccc2)CC(=O)C(OCc2ccccc2)=CN1. The first-order chi connectivity index (χ1) is 14.6. The highest BCUT2D eigenvalue weighted by molar-refractivity contribution is 6.18. The highest BCUT2D eigenvalue weighted by Crippen LogP contribution is 2.24. The highest BCUT2D eigenvalue weighted by Gasteiger charge is 2.37. The van der Waals surface area contributed by atoms with E-state index in [1.807, 2.05) is 60.7 Å². The van der Waals surface area contributed by atoms with Crippen LogP contribution in [0.2, 0.25) is 0 Å². The second-order valence-corrected chi connectivity index (χ2v) is 7.65. The van der Waals surface area contributed by atoms with Gasteiger partial charge in [-0.1, -0.05) is 60.7 Å². The number of allylic oxidation sites excluding steroid dienone is 1. The van der Waals surface area contributed by atoms with Gasteiger partial charge in [0.15, 0.2) is 5.76 Å². The van der Waals surface area contributed by atoms with Crippen LogP contribution in [-0.2, 0) is 22.6 Å².